The highest BCUT2D eigenvalue weighted by molar-refractivity contribution is 9.13. The van der Waals surface area contributed by atoms with E-state index in [1.54, 1.807) is 6.07 Å². The molecule has 1 atom stereocenters. The minimum atomic E-state index is -0.131. The van der Waals surface area contributed by atoms with Gasteiger partial charge in [0, 0.05) is 10.5 Å². The lowest BCUT2D eigenvalue weighted by Gasteiger charge is -2.17. The maximum atomic E-state index is 9.80. The molecule has 0 bridgehead atoms. The van der Waals surface area contributed by atoms with E-state index in [9.17, 15) is 5.11 Å². The van der Waals surface area contributed by atoms with E-state index in [0.717, 1.165) is 22.9 Å². The molecule has 1 rings (SSSR count). The summed E-state index contributed by atoms with van der Waals surface area (Å²) in [5, 5.41) is 9.80. The molecule has 0 aliphatic rings. The molecule has 0 aromatic heterocycles. The summed E-state index contributed by atoms with van der Waals surface area (Å²) in [5.41, 5.74) is 6.99. The first-order chi connectivity index (χ1) is 8.02. The van der Waals surface area contributed by atoms with Crippen molar-refractivity contribution in [3.63, 3.8) is 0 Å². The van der Waals surface area contributed by atoms with Gasteiger partial charge in [0.25, 0.3) is 0 Å². The summed E-state index contributed by atoms with van der Waals surface area (Å²) in [4.78, 5) is 0. The number of halogens is 3. The van der Waals surface area contributed by atoms with Gasteiger partial charge in [0.2, 0.25) is 0 Å². The number of hydrogen-bond acceptors (Lipinski definition) is 3. The van der Waals surface area contributed by atoms with E-state index in [1.165, 1.54) is 7.11 Å². The summed E-state index contributed by atoms with van der Waals surface area (Å²) in [6.07, 6.45) is 3.47. The lowest BCUT2D eigenvalue weighted by atomic mass is 10.0. The Balaban J connectivity index is 0.00000289. The maximum Gasteiger partial charge on any atom is 0.173 e. The van der Waals surface area contributed by atoms with Crippen molar-refractivity contribution >= 4 is 44.3 Å². The van der Waals surface area contributed by atoms with Crippen molar-refractivity contribution in [3.05, 3.63) is 33.2 Å². The van der Waals surface area contributed by atoms with Gasteiger partial charge < -0.3 is 15.6 Å². The molecule has 3 N–H and O–H groups in total. The molecule has 1 aromatic carbocycles. The zero-order chi connectivity index (χ0) is 13.0. The molecule has 0 amide bonds. The third kappa shape index (κ3) is 3.88. The van der Waals surface area contributed by atoms with Gasteiger partial charge in [-0.1, -0.05) is 6.08 Å². The van der Waals surface area contributed by atoms with E-state index in [1.807, 2.05) is 6.08 Å². The predicted octanol–water partition coefficient (Wildman–Crippen LogP) is 4.31. The molecule has 0 heterocycles. The molecular formula is C12H16Br2ClNO2. The second-order valence-electron chi connectivity index (χ2n) is 3.62. The Morgan fingerprint density at radius 1 is 1.50 bits per heavy atom. The third-order valence-electron chi connectivity index (χ3n) is 2.48. The van der Waals surface area contributed by atoms with Gasteiger partial charge in [-0.15, -0.1) is 19.0 Å². The number of phenolic OH excluding ortho intramolecular Hbond substituents is 1. The van der Waals surface area contributed by atoms with Crippen LogP contribution < -0.4 is 10.5 Å². The van der Waals surface area contributed by atoms with Crippen LogP contribution in [0, 0.1) is 0 Å². The average molecular weight is 402 g/mol. The highest BCUT2D eigenvalue weighted by Gasteiger charge is 2.18. The van der Waals surface area contributed by atoms with E-state index < -0.39 is 0 Å². The molecule has 0 aliphatic heterocycles. The topological polar surface area (TPSA) is 55.5 Å². The summed E-state index contributed by atoms with van der Waals surface area (Å²) < 4.78 is 6.41. The number of allylic oxidation sites excluding steroid dienone is 1. The van der Waals surface area contributed by atoms with Crippen LogP contribution in [-0.2, 0) is 0 Å². The maximum absolute atomic E-state index is 9.80. The molecule has 6 heteroatoms. The van der Waals surface area contributed by atoms with Gasteiger partial charge in [-0.25, -0.2) is 0 Å². The van der Waals surface area contributed by atoms with Crippen molar-refractivity contribution in [2.24, 2.45) is 5.73 Å². The number of nitrogens with two attached hydrogens (primary N) is 1. The first kappa shape index (κ1) is 17.8. The van der Waals surface area contributed by atoms with Gasteiger partial charge >= 0.3 is 0 Å². The van der Waals surface area contributed by atoms with Crippen molar-refractivity contribution in [1.29, 1.82) is 0 Å². The molecule has 0 radical (unpaired) electrons. The Hall–Kier alpha value is -0.230. The summed E-state index contributed by atoms with van der Waals surface area (Å²) >= 11 is 6.72. The summed E-state index contributed by atoms with van der Waals surface area (Å²) in [6, 6.07) is 1.62. The lowest BCUT2D eigenvalue weighted by Crippen LogP contribution is -2.11. The normalized spacial score (nSPS) is 11.6. The summed E-state index contributed by atoms with van der Waals surface area (Å²) in [6.45, 7) is 3.67. The standard InChI is InChI=1S/C12H15Br2NO2.ClH/c1-3-4-5-8(15)7-6-9(17-2)12(16)11(14)10(7)13;/h3,6,8,16H,1,4-5,15H2,2H3;1H/t8-;/m0./s1. The van der Waals surface area contributed by atoms with Gasteiger partial charge in [0.05, 0.1) is 11.6 Å². The summed E-state index contributed by atoms with van der Waals surface area (Å²) in [7, 11) is 1.51. The largest absolute Gasteiger partial charge is 0.503 e. The number of phenols is 1. The smallest absolute Gasteiger partial charge is 0.173 e. The first-order valence-electron chi connectivity index (χ1n) is 5.14. The predicted molar refractivity (Wildman–Crippen MR) is 83.7 cm³/mol. The van der Waals surface area contributed by atoms with Crippen molar-refractivity contribution in [3.8, 4) is 11.5 Å². The van der Waals surface area contributed by atoms with Crippen LogP contribution in [0.4, 0.5) is 0 Å². The fourth-order valence-corrected chi connectivity index (χ4v) is 2.51. The fraction of sp³-hybridized carbons (Fsp3) is 0.333. The fourth-order valence-electron chi connectivity index (χ4n) is 1.49. The van der Waals surface area contributed by atoms with E-state index in [4.69, 9.17) is 10.5 Å². The van der Waals surface area contributed by atoms with Gasteiger partial charge in [-0.3, -0.25) is 0 Å². The molecule has 0 saturated heterocycles. The van der Waals surface area contributed by atoms with Gasteiger partial charge in [-0.2, -0.15) is 0 Å². The van der Waals surface area contributed by atoms with Crippen LogP contribution in [0.2, 0.25) is 0 Å². The molecule has 0 spiro atoms. The van der Waals surface area contributed by atoms with Crippen molar-refractivity contribution in [1.82, 2.24) is 0 Å². The number of methoxy groups -OCH3 is 1. The van der Waals surface area contributed by atoms with Gasteiger partial charge in [0.1, 0.15) is 0 Å². The molecule has 3 nitrogen and oxygen atoms in total. The van der Waals surface area contributed by atoms with Crippen LogP contribution in [0.15, 0.2) is 27.7 Å². The monoisotopic (exact) mass is 399 g/mol. The highest BCUT2D eigenvalue weighted by atomic mass is 79.9. The van der Waals surface area contributed by atoms with E-state index >= 15 is 0 Å². The molecule has 18 heavy (non-hydrogen) atoms. The number of benzene rings is 1. The van der Waals surface area contributed by atoms with E-state index in [-0.39, 0.29) is 24.2 Å². The van der Waals surface area contributed by atoms with Crippen molar-refractivity contribution in [2.45, 2.75) is 18.9 Å². The second-order valence-corrected chi connectivity index (χ2v) is 5.20. The van der Waals surface area contributed by atoms with E-state index in [0.29, 0.717) is 10.2 Å². The Kier molecular flexibility index (Phi) is 7.94. The first-order valence-corrected chi connectivity index (χ1v) is 6.72. The lowest BCUT2D eigenvalue weighted by molar-refractivity contribution is 0.370. The van der Waals surface area contributed by atoms with Crippen LogP contribution in [0.25, 0.3) is 0 Å². The average Bonchev–Trinajstić information content (AvgIpc) is 2.33. The van der Waals surface area contributed by atoms with Gasteiger partial charge in [0.15, 0.2) is 11.5 Å². The van der Waals surface area contributed by atoms with Crippen molar-refractivity contribution in [2.75, 3.05) is 7.11 Å². The minimum Gasteiger partial charge on any atom is -0.503 e. The molecule has 0 aliphatic carbocycles. The Bertz CT molecular complexity index is 427. The minimum absolute atomic E-state index is 0. The molecule has 1 aromatic rings. The van der Waals surface area contributed by atoms with Crippen LogP contribution >= 0.6 is 44.3 Å². The molecule has 0 saturated carbocycles. The number of ether oxygens (including phenoxy) is 1. The highest BCUT2D eigenvalue weighted by Crippen LogP contribution is 2.43. The second kappa shape index (κ2) is 8.04. The third-order valence-corrected chi connectivity index (χ3v) is 4.63. The quantitative estimate of drug-likeness (QED) is 0.723. The molecule has 0 fully saturated rings. The van der Waals surface area contributed by atoms with Crippen LogP contribution in [0.1, 0.15) is 24.4 Å². The number of aromatic hydroxyl groups is 1. The van der Waals surface area contributed by atoms with E-state index in [2.05, 4.69) is 38.4 Å². The molecule has 102 valence electrons. The Morgan fingerprint density at radius 3 is 2.61 bits per heavy atom. The molecule has 0 unspecified atom stereocenters. The number of hydrogen-bond donors (Lipinski definition) is 2. The van der Waals surface area contributed by atoms with Crippen molar-refractivity contribution < 1.29 is 9.84 Å². The molecular weight excluding hydrogens is 385 g/mol. The zero-order valence-corrected chi connectivity index (χ0v) is 13.9. The zero-order valence-electron chi connectivity index (χ0n) is 9.95. The Morgan fingerprint density at radius 2 is 2.11 bits per heavy atom. The Labute approximate surface area is 130 Å². The van der Waals surface area contributed by atoms with Gasteiger partial charge in [-0.05, 0) is 56.3 Å². The SMILES string of the molecule is C=CCC[C@H](N)c1cc(OC)c(O)c(Br)c1Br.Cl. The number of rotatable bonds is 5. The van der Waals surface area contributed by atoms with Crippen LogP contribution in [0.3, 0.4) is 0 Å². The van der Waals surface area contributed by atoms with Crippen LogP contribution in [0.5, 0.6) is 11.5 Å². The van der Waals surface area contributed by atoms with Crippen LogP contribution in [-0.4, -0.2) is 12.2 Å². The summed E-state index contributed by atoms with van der Waals surface area (Å²) in [5.74, 6) is 0.475.